The zero-order valence-corrected chi connectivity index (χ0v) is 13.7. The minimum absolute atomic E-state index is 0. The van der Waals surface area contributed by atoms with Crippen molar-refractivity contribution in [2.45, 2.75) is 47.0 Å². The molecule has 0 aromatic heterocycles. The summed E-state index contributed by atoms with van der Waals surface area (Å²) >= 11 is 0. The molecule has 1 aromatic carbocycles. The standard InChI is InChI=1S/C17H24FN.ClH/c1-12-6-5-9-17(3,4)15(12)11-19-14-7-8-16(18)13(2)10-14;/h7-8,10,19H,5-6,9,11H2,1-4H3;1H. The molecule has 1 aliphatic rings. The van der Waals surface area contributed by atoms with Crippen molar-refractivity contribution in [1.29, 1.82) is 0 Å². The minimum atomic E-state index is -0.140. The van der Waals surface area contributed by atoms with Crippen molar-refractivity contribution < 1.29 is 4.39 Å². The largest absolute Gasteiger partial charge is 0.381 e. The topological polar surface area (TPSA) is 12.0 Å². The molecule has 2 rings (SSSR count). The molecule has 20 heavy (non-hydrogen) atoms. The second-order valence-corrected chi connectivity index (χ2v) is 6.31. The van der Waals surface area contributed by atoms with Gasteiger partial charge in [0.2, 0.25) is 0 Å². The molecule has 1 N–H and O–H groups in total. The highest BCUT2D eigenvalue weighted by atomic mass is 35.5. The Balaban J connectivity index is 0.00000200. The lowest BCUT2D eigenvalue weighted by atomic mass is 9.73. The number of anilines is 1. The first-order valence-corrected chi connectivity index (χ1v) is 7.09. The smallest absolute Gasteiger partial charge is 0.126 e. The average Bonchev–Trinajstić information content (AvgIpc) is 2.32. The summed E-state index contributed by atoms with van der Waals surface area (Å²) in [6, 6.07) is 5.22. The Bertz CT molecular complexity index is 506. The maximum absolute atomic E-state index is 13.2. The summed E-state index contributed by atoms with van der Waals surface area (Å²) in [5.74, 6) is -0.140. The molecule has 1 aliphatic carbocycles. The maximum atomic E-state index is 13.2. The predicted molar refractivity (Wildman–Crippen MR) is 87.2 cm³/mol. The van der Waals surface area contributed by atoms with Crippen LogP contribution in [0.3, 0.4) is 0 Å². The van der Waals surface area contributed by atoms with E-state index in [1.165, 1.54) is 36.5 Å². The summed E-state index contributed by atoms with van der Waals surface area (Å²) in [7, 11) is 0. The van der Waals surface area contributed by atoms with Crippen LogP contribution in [0.4, 0.5) is 10.1 Å². The van der Waals surface area contributed by atoms with Crippen molar-refractivity contribution in [1.82, 2.24) is 0 Å². The Morgan fingerprint density at radius 3 is 2.55 bits per heavy atom. The van der Waals surface area contributed by atoms with Crippen LogP contribution in [0.1, 0.15) is 45.6 Å². The van der Waals surface area contributed by atoms with Crippen LogP contribution in [0.25, 0.3) is 0 Å². The monoisotopic (exact) mass is 297 g/mol. The molecule has 112 valence electrons. The number of benzene rings is 1. The summed E-state index contributed by atoms with van der Waals surface area (Å²) in [6.07, 6.45) is 3.75. The highest BCUT2D eigenvalue weighted by molar-refractivity contribution is 5.85. The molecular formula is C17H25ClFN. The van der Waals surface area contributed by atoms with Gasteiger partial charge in [0.1, 0.15) is 5.82 Å². The molecule has 0 saturated heterocycles. The number of rotatable bonds is 3. The Labute approximate surface area is 128 Å². The molecule has 0 saturated carbocycles. The first kappa shape index (κ1) is 17.0. The Kier molecular flexibility index (Phi) is 5.64. The normalized spacial score (nSPS) is 17.6. The van der Waals surface area contributed by atoms with Crippen LogP contribution in [-0.2, 0) is 0 Å². The van der Waals surface area contributed by atoms with Crippen LogP contribution in [0.5, 0.6) is 0 Å². The lowest BCUT2D eigenvalue weighted by Gasteiger charge is -2.35. The molecular weight excluding hydrogens is 273 g/mol. The van der Waals surface area contributed by atoms with Crippen LogP contribution in [0.2, 0.25) is 0 Å². The molecule has 1 nitrogen and oxygen atoms in total. The van der Waals surface area contributed by atoms with Gasteiger partial charge >= 0.3 is 0 Å². The van der Waals surface area contributed by atoms with E-state index in [-0.39, 0.29) is 23.6 Å². The zero-order valence-electron chi connectivity index (χ0n) is 12.8. The fraction of sp³-hybridized carbons (Fsp3) is 0.529. The minimum Gasteiger partial charge on any atom is -0.381 e. The summed E-state index contributed by atoms with van der Waals surface area (Å²) in [4.78, 5) is 0. The summed E-state index contributed by atoms with van der Waals surface area (Å²) in [5, 5.41) is 3.44. The van der Waals surface area contributed by atoms with E-state index in [0.717, 1.165) is 12.2 Å². The van der Waals surface area contributed by atoms with Gasteiger partial charge in [-0.15, -0.1) is 12.4 Å². The SMILES string of the molecule is CC1=C(CNc2ccc(F)c(C)c2)C(C)(C)CCC1.Cl. The van der Waals surface area contributed by atoms with Crippen LogP contribution in [0.15, 0.2) is 29.3 Å². The van der Waals surface area contributed by atoms with E-state index in [0.29, 0.717) is 5.56 Å². The fourth-order valence-corrected chi connectivity index (χ4v) is 3.01. The van der Waals surface area contributed by atoms with Gasteiger partial charge < -0.3 is 5.32 Å². The van der Waals surface area contributed by atoms with E-state index < -0.39 is 0 Å². The van der Waals surface area contributed by atoms with E-state index >= 15 is 0 Å². The third-order valence-electron chi connectivity index (χ3n) is 4.31. The molecule has 0 atom stereocenters. The second kappa shape index (κ2) is 6.62. The molecule has 0 fully saturated rings. The molecule has 0 radical (unpaired) electrons. The third-order valence-corrected chi connectivity index (χ3v) is 4.31. The van der Waals surface area contributed by atoms with Gasteiger partial charge in [-0.2, -0.15) is 0 Å². The molecule has 0 spiro atoms. The van der Waals surface area contributed by atoms with Crippen LogP contribution < -0.4 is 5.32 Å². The number of aryl methyl sites for hydroxylation is 1. The maximum Gasteiger partial charge on any atom is 0.126 e. The second-order valence-electron chi connectivity index (χ2n) is 6.31. The number of allylic oxidation sites excluding steroid dienone is 1. The van der Waals surface area contributed by atoms with Crippen LogP contribution in [0, 0.1) is 18.2 Å². The molecule has 0 amide bonds. The van der Waals surface area contributed by atoms with E-state index in [1.807, 2.05) is 12.1 Å². The van der Waals surface area contributed by atoms with Gasteiger partial charge in [0.25, 0.3) is 0 Å². The van der Waals surface area contributed by atoms with Gasteiger partial charge in [-0.25, -0.2) is 4.39 Å². The first-order valence-electron chi connectivity index (χ1n) is 7.09. The zero-order chi connectivity index (χ0) is 14.0. The van der Waals surface area contributed by atoms with Crippen LogP contribution >= 0.6 is 12.4 Å². The van der Waals surface area contributed by atoms with Gasteiger partial charge in [0.05, 0.1) is 0 Å². The summed E-state index contributed by atoms with van der Waals surface area (Å²) < 4.78 is 13.2. The predicted octanol–water partition coefficient (Wildman–Crippen LogP) is 5.49. The lowest BCUT2D eigenvalue weighted by molar-refractivity contribution is 0.364. The van der Waals surface area contributed by atoms with Crippen molar-refractivity contribution >= 4 is 18.1 Å². The Hall–Kier alpha value is -1.02. The van der Waals surface area contributed by atoms with Crippen molar-refractivity contribution in [3.63, 3.8) is 0 Å². The Morgan fingerprint density at radius 2 is 1.95 bits per heavy atom. The van der Waals surface area contributed by atoms with Crippen molar-refractivity contribution in [2.24, 2.45) is 5.41 Å². The number of nitrogens with one attached hydrogen (secondary N) is 1. The van der Waals surface area contributed by atoms with Crippen molar-refractivity contribution in [3.05, 3.63) is 40.7 Å². The van der Waals surface area contributed by atoms with E-state index in [2.05, 4.69) is 26.1 Å². The highest BCUT2D eigenvalue weighted by Gasteiger charge is 2.27. The van der Waals surface area contributed by atoms with E-state index in [4.69, 9.17) is 0 Å². The highest BCUT2D eigenvalue weighted by Crippen LogP contribution is 2.39. The Morgan fingerprint density at radius 1 is 1.25 bits per heavy atom. The molecule has 0 unspecified atom stereocenters. The van der Waals surface area contributed by atoms with Gasteiger partial charge in [-0.1, -0.05) is 19.4 Å². The molecule has 3 heteroatoms. The van der Waals surface area contributed by atoms with Crippen molar-refractivity contribution in [2.75, 3.05) is 11.9 Å². The van der Waals surface area contributed by atoms with Crippen molar-refractivity contribution in [3.8, 4) is 0 Å². The summed E-state index contributed by atoms with van der Waals surface area (Å²) in [5.41, 5.74) is 5.01. The number of hydrogen-bond donors (Lipinski definition) is 1. The average molecular weight is 298 g/mol. The van der Waals surface area contributed by atoms with Gasteiger partial charge in [0, 0.05) is 12.2 Å². The van der Waals surface area contributed by atoms with Gasteiger partial charge in [0.15, 0.2) is 0 Å². The number of hydrogen-bond acceptors (Lipinski definition) is 1. The number of halogens is 2. The van der Waals surface area contributed by atoms with Crippen LogP contribution in [-0.4, -0.2) is 6.54 Å². The first-order chi connectivity index (χ1) is 8.90. The molecule has 0 bridgehead atoms. The molecule has 0 heterocycles. The quantitative estimate of drug-likeness (QED) is 0.727. The molecule has 0 aliphatic heterocycles. The fourth-order valence-electron chi connectivity index (χ4n) is 3.01. The third kappa shape index (κ3) is 3.76. The van der Waals surface area contributed by atoms with Gasteiger partial charge in [-0.3, -0.25) is 0 Å². The molecule has 1 aromatic rings. The lowest BCUT2D eigenvalue weighted by Crippen LogP contribution is -2.25. The summed E-state index contributed by atoms with van der Waals surface area (Å²) in [6.45, 7) is 9.55. The van der Waals surface area contributed by atoms with E-state index in [9.17, 15) is 4.39 Å². The van der Waals surface area contributed by atoms with E-state index in [1.54, 1.807) is 6.92 Å². The van der Waals surface area contributed by atoms with Gasteiger partial charge in [-0.05, 0) is 67.9 Å².